The molecule has 1 saturated heterocycles. The van der Waals surface area contributed by atoms with Gasteiger partial charge in [0, 0.05) is 45.5 Å². The van der Waals surface area contributed by atoms with E-state index in [1.54, 1.807) is 28.7 Å². The number of nitrogens with zero attached hydrogens (tertiary/aromatic N) is 3. The highest BCUT2D eigenvalue weighted by molar-refractivity contribution is 7.89. The van der Waals surface area contributed by atoms with Crippen molar-refractivity contribution < 1.29 is 13.2 Å². The number of fused-ring (bicyclic) bond motifs is 1. The van der Waals surface area contributed by atoms with Gasteiger partial charge >= 0.3 is 0 Å². The average Bonchev–Trinajstić information content (AvgIpc) is 3.18. The van der Waals surface area contributed by atoms with Crippen LogP contribution in [0.1, 0.15) is 24.4 Å². The molecule has 7 nitrogen and oxygen atoms in total. The van der Waals surface area contributed by atoms with Gasteiger partial charge in [0.05, 0.1) is 10.9 Å². The Hall–Kier alpha value is -1.61. The number of halogens is 1. The van der Waals surface area contributed by atoms with E-state index in [1.807, 2.05) is 24.7 Å². The summed E-state index contributed by atoms with van der Waals surface area (Å²) in [6.45, 7) is 3.59. The topological polar surface area (TPSA) is 76.5 Å². The molecule has 9 heteroatoms. The Kier molecular flexibility index (Phi) is 5.30. The van der Waals surface area contributed by atoms with Crippen LogP contribution in [-0.2, 0) is 23.5 Å². The lowest BCUT2D eigenvalue weighted by Gasteiger charge is -2.34. The Balaban J connectivity index is 0.00000196. The second-order valence-corrected chi connectivity index (χ2v) is 8.52. The van der Waals surface area contributed by atoms with Crippen molar-refractivity contribution in [2.24, 2.45) is 7.05 Å². The minimum Gasteiger partial charge on any atom is -0.490 e. The zero-order chi connectivity index (χ0) is 17.6. The van der Waals surface area contributed by atoms with Crippen LogP contribution in [0.2, 0.25) is 0 Å². The third kappa shape index (κ3) is 3.22. The van der Waals surface area contributed by atoms with E-state index in [2.05, 4.69) is 10.3 Å². The quantitative estimate of drug-likeness (QED) is 0.847. The summed E-state index contributed by atoms with van der Waals surface area (Å²) >= 11 is 0. The summed E-state index contributed by atoms with van der Waals surface area (Å²) in [6.07, 6.45) is 4.36. The molecule has 0 saturated carbocycles. The van der Waals surface area contributed by atoms with Crippen LogP contribution < -0.4 is 10.1 Å². The van der Waals surface area contributed by atoms with Gasteiger partial charge in [-0.3, -0.25) is 0 Å². The standard InChI is InChI=1S/C17H22N4O3S.ClH/c1-12-9-13-10-14(3-4-16(13)24-12)25(22,23)21-8-5-18-11-15(21)17-19-6-7-20(17)2;/h3-4,6-7,10,12,15,18H,5,8-9,11H2,1-2H3;1H. The molecule has 3 heterocycles. The number of sulfonamides is 1. The molecule has 142 valence electrons. The number of benzene rings is 1. The molecule has 1 aromatic carbocycles. The van der Waals surface area contributed by atoms with E-state index in [4.69, 9.17) is 4.74 Å². The summed E-state index contributed by atoms with van der Waals surface area (Å²) in [7, 11) is -1.72. The molecule has 1 N–H and O–H groups in total. The molecule has 2 unspecified atom stereocenters. The minimum atomic E-state index is -3.61. The normalized spacial score (nSPS) is 23.2. The van der Waals surface area contributed by atoms with Gasteiger partial charge in [0.25, 0.3) is 0 Å². The Bertz CT molecular complexity index is 899. The van der Waals surface area contributed by atoms with Gasteiger partial charge in [-0.2, -0.15) is 4.31 Å². The Morgan fingerprint density at radius 1 is 1.35 bits per heavy atom. The van der Waals surface area contributed by atoms with E-state index in [0.29, 0.717) is 24.5 Å². The Labute approximate surface area is 159 Å². The fraction of sp³-hybridized carbons (Fsp3) is 0.471. The van der Waals surface area contributed by atoms with Crippen LogP contribution in [0.4, 0.5) is 0 Å². The summed E-state index contributed by atoms with van der Waals surface area (Å²) in [5, 5.41) is 3.27. The van der Waals surface area contributed by atoms with E-state index in [9.17, 15) is 8.42 Å². The molecule has 0 radical (unpaired) electrons. The molecule has 26 heavy (non-hydrogen) atoms. The van der Waals surface area contributed by atoms with Gasteiger partial charge in [0.15, 0.2) is 0 Å². The van der Waals surface area contributed by atoms with Gasteiger partial charge in [0.2, 0.25) is 10.0 Å². The molecule has 1 fully saturated rings. The van der Waals surface area contributed by atoms with E-state index >= 15 is 0 Å². The number of aromatic nitrogens is 2. The van der Waals surface area contributed by atoms with Gasteiger partial charge in [0.1, 0.15) is 17.7 Å². The predicted octanol–water partition coefficient (Wildman–Crippen LogP) is 1.50. The first-order valence-corrected chi connectivity index (χ1v) is 9.90. The SMILES string of the molecule is CC1Cc2cc(S(=O)(=O)N3CCNCC3c3nccn3C)ccc2O1.Cl. The maximum atomic E-state index is 13.3. The second-order valence-electron chi connectivity index (χ2n) is 6.63. The number of imidazole rings is 1. The fourth-order valence-electron chi connectivity index (χ4n) is 3.59. The first-order chi connectivity index (χ1) is 12.0. The van der Waals surface area contributed by atoms with Crippen molar-refractivity contribution >= 4 is 22.4 Å². The molecule has 0 amide bonds. The summed E-state index contributed by atoms with van der Waals surface area (Å²) in [4.78, 5) is 4.69. The van der Waals surface area contributed by atoms with Crippen molar-refractivity contribution in [2.45, 2.75) is 30.4 Å². The van der Waals surface area contributed by atoms with E-state index in [-0.39, 0.29) is 24.6 Å². The number of hydrogen-bond acceptors (Lipinski definition) is 5. The molecule has 0 aliphatic carbocycles. The van der Waals surface area contributed by atoms with Gasteiger partial charge in [-0.25, -0.2) is 13.4 Å². The summed E-state index contributed by atoms with van der Waals surface area (Å²) < 4.78 is 35.7. The van der Waals surface area contributed by atoms with Crippen LogP contribution in [0, 0.1) is 0 Å². The fourth-order valence-corrected chi connectivity index (χ4v) is 5.22. The number of piperazine rings is 1. The van der Waals surface area contributed by atoms with Crippen LogP contribution in [0.15, 0.2) is 35.5 Å². The van der Waals surface area contributed by atoms with Crippen molar-refractivity contribution in [3.05, 3.63) is 42.0 Å². The monoisotopic (exact) mass is 398 g/mol. The molecule has 2 atom stereocenters. The van der Waals surface area contributed by atoms with Crippen LogP contribution in [-0.4, -0.2) is 48.0 Å². The molecule has 0 bridgehead atoms. The third-order valence-electron chi connectivity index (χ3n) is 4.82. The number of nitrogens with one attached hydrogen (secondary N) is 1. The van der Waals surface area contributed by atoms with Crippen molar-refractivity contribution in [2.75, 3.05) is 19.6 Å². The van der Waals surface area contributed by atoms with E-state index in [1.165, 1.54) is 0 Å². The number of aryl methyl sites for hydroxylation is 1. The molecule has 2 aliphatic heterocycles. The predicted molar refractivity (Wildman–Crippen MR) is 100 cm³/mol. The highest BCUT2D eigenvalue weighted by Crippen LogP contribution is 2.33. The molecular formula is C17H23ClN4O3S. The molecule has 2 aliphatic rings. The lowest BCUT2D eigenvalue weighted by molar-refractivity contribution is 0.254. The van der Waals surface area contributed by atoms with Gasteiger partial charge in [-0.15, -0.1) is 12.4 Å². The lowest BCUT2D eigenvalue weighted by atomic mass is 10.1. The minimum absolute atomic E-state index is 0. The van der Waals surface area contributed by atoms with Crippen LogP contribution in [0.25, 0.3) is 0 Å². The zero-order valence-electron chi connectivity index (χ0n) is 14.8. The van der Waals surface area contributed by atoms with Crippen molar-refractivity contribution in [1.29, 1.82) is 0 Å². The van der Waals surface area contributed by atoms with Crippen molar-refractivity contribution in [1.82, 2.24) is 19.2 Å². The van der Waals surface area contributed by atoms with Gasteiger partial charge in [-0.05, 0) is 30.7 Å². The summed E-state index contributed by atoms with van der Waals surface area (Å²) in [6, 6.07) is 4.85. The first kappa shape index (κ1) is 19.2. The smallest absolute Gasteiger partial charge is 0.243 e. The van der Waals surface area contributed by atoms with Crippen molar-refractivity contribution in [3.8, 4) is 5.75 Å². The summed E-state index contributed by atoms with van der Waals surface area (Å²) in [5.74, 6) is 1.53. The highest BCUT2D eigenvalue weighted by Gasteiger charge is 2.37. The largest absolute Gasteiger partial charge is 0.490 e. The molecule has 0 spiro atoms. The van der Waals surface area contributed by atoms with Crippen LogP contribution >= 0.6 is 12.4 Å². The van der Waals surface area contributed by atoms with E-state index < -0.39 is 10.0 Å². The summed E-state index contributed by atoms with van der Waals surface area (Å²) in [5.41, 5.74) is 0.956. The van der Waals surface area contributed by atoms with Gasteiger partial charge < -0.3 is 14.6 Å². The third-order valence-corrected chi connectivity index (χ3v) is 6.73. The Morgan fingerprint density at radius 3 is 2.88 bits per heavy atom. The number of ether oxygens (including phenoxy) is 1. The Morgan fingerprint density at radius 2 is 2.15 bits per heavy atom. The average molecular weight is 399 g/mol. The van der Waals surface area contributed by atoms with Crippen LogP contribution in [0.5, 0.6) is 5.75 Å². The van der Waals surface area contributed by atoms with E-state index in [0.717, 1.165) is 23.6 Å². The van der Waals surface area contributed by atoms with Crippen molar-refractivity contribution in [3.63, 3.8) is 0 Å². The first-order valence-electron chi connectivity index (χ1n) is 8.46. The molecular weight excluding hydrogens is 376 g/mol. The zero-order valence-corrected chi connectivity index (χ0v) is 16.4. The maximum Gasteiger partial charge on any atom is 0.243 e. The molecule has 4 rings (SSSR count). The maximum absolute atomic E-state index is 13.3. The van der Waals surface area contributed by atoms with Gasteiger partial charge in [-0.1, -0.05) is 0 Å². The highest BCUT2D eigenvalue weighted by atomic mass is 35.5. The number of hydrogen-bond donors (Lipinski definition) is 1. The molecule has 1 aromatic heterocycles. The lowest BCUT2D eigenvalue weighted by Crippen LogP contribution is -2.49. The number of rotatable bonds is 3. The van der Waals surface area contributed by atoms with Crippen LogP contribution in [0.3, 0.4) is 0 Å². The second kappa shape index (κ2) is 7.19. The molecule has 2 aromatic rings.